The van der Waals surface area contributed by atoms with Crippen molar-refractivity contribution in [3.63, 3.8) is 0 Å². The van der Waals surface area contributed by atoms with E-state index >= 15 is 0 Å². The Kier molecular flexibility index (Phi) is 8.28. The number of carbonyl (C=O) groups is 2. The van der Waals surface area contributed by atoms with Gasteiger partial charge < -0.3 is 0 Å². The molecule has 0 spiro atoms. The number of tetrazole rings is 1. The Bertz CT molecular complexity index is 736. The molecule has 0 atom stereocenters. The fourth-order valence-electron chi connectivity index (χ4n) is 3.46. The van der Waals surface area contributed by atoms with E-state index in [9.17, 15) is 9.59 Å². The summed E-state index contributed by atoms with van der Waals surface area (Å²) < 4.78 is 0. The summed E-state index contributed by atoms with van der Waals surface area (Å²) in [5.41, 5.74) is 0.705. The van der Waals surface area contributed by atoms with Crippen molar-refractivity contribution in [2.45, 2.75) is 90.9 Å². The summed E-state index contributed by atoms with van der Waals surface area (Å²) in [5, 5.41) is 25.8. The van der Waals surface area contributed by atoms with Crippen molar-refractivity contribution in [3.8, 4) is 0 Å². The van der Waals surface area contributed by atoms with Crippen LogP contribution in [0.1, 0.15) is 91.3 Å². The summed E-state index contributed by atoms with van der Waals surface area (Å²) in [6.45, 7) is 8.89. The molecule has 9 nitrogen and oxygen atoms in total. The van der Waals surface area contributed by atoms with E-state index in [1.165, 1.54) is 0 Å². The molecule has 0 saturated heterocycles. The van der Waals surface area contributed by atoms with Crippen LogP contribution < -0.4 is 0 Å². The predicted molar refractivity (Wildman–Crippen MR) is 110 cm³/mol. The van der Waals surface area contributed by atoms with Crippen molar-refractivity contribution in [1.82, 2.24) is 20.6 Å². The molecule has 0 bridgehead atoms. The molecule has 1 N–H and O–H groups in total. The average molecular weight is 404 g/mol. The zero-order valence-electron chi connectivity index (χ0n) is 18.1. The first kappa shape index (κ1) is 23.0. The Morgan fingerprint density at radius 2 is 1.48 bits per heavy atom. The number of nitrogens with one attached hydrogen (secondary N) is 1. The Labute approximate surface area is 172 Å². The number of aromatic nitrogens is 4. The van der Waals surface area contributed by atoms with Gasteiger partial charge in [0.05, 0.1) is 5.71 Å². The maximum absolute atomic E-state index is 12.1. The number of hydrogen-bond donors (Lipinski definition) is 1. The van der Waals surface area contributed by atoms with Crippen molar-refractivity contribution in [1.29, 1.82) is 0 Å². The topological polar surface area (TPSA) is 126 Å². The highest BCUT2D eigenvalue weighted by Crippen LogP contribution is 2.28. The van der Waals surface area contributed by atoms with Crippen molar-refractivity contribution in [3.05, 3.63) is 5.82 Å². The number of nitrogens with zero attached hydrogens (tertiary/aromatic N) is 6. The summed E-state index contributed by atoms with van der Waals surface area (Å²) in [4.78, 5) is 24.2. The quantitative estimate of drug-likeness (QED) is 0.503. The number of H-pyrrole nitrogens is 1. The average Bonchev–Trinajstić information content (AvgIpc) is 3.35. The fraction of sp³-hybridized carbons (Fsp3) is 0.800. The van der Waals surface area contributed by atoms with Gasteiger partial charge in [0.25, 0.3) is 0 Å². The normalized spacial score (nSPS) is 14.3. The fourth-order valence-corrected chi connectivity index (χ4v) is 3.46. The molecule has 2 rings (SSSR count). The molecule has 9 heteroatoms. The lowest BCUT2D eigenvalue weighted by atomic mass is 9.82. The standard InChI is InChI=1S/C20H33N7O2/c1-19(2,17-14-21-25-22-17)12-6-10-15(28)8-5-9-16(29)11-7-13-20(3,4)18-23-26-27-24-18/h5-14H2,1-4H3,(H,23,24,26,27). The van der Waals surface area contributed by atoms with Crippen LogP contribution in [0.3, 0.4) is 0 Å². The molecule has 1 aliphatic rings. The molecule has 29 heavy (non-hydrogen) atoms. The van der Waals surface area contributed by atoms with Crippen LogP contribution in [-0.2, 0) is 15.0 Å². The van der Waals surface area contributed by atoms with Crippen LogP contribution in [0.2, 0.25) is 0 Å². The number of hydrogen-bond acceptors (Lipinski definition) is 8. The summed E-state index contributed by atoms with van der Waals surface area (Å²) in [6.07, 6.45) is 5.98. The first-order valence-corrected chi connectivity index (χ1v) is 10.4. The number of ketones is 2. The van der Waals surface area contributed by atoms with Crippen LogP contribution in [0.25, 0.3) is 0 Å². The van der Waals surface area contributed by atoms with Gasteiger partial charge in [-0.15, -0.1) is 15.3 Å². The van der Waals surface area contributed by atoms with Gasteiger partial charge in [-0.05, 0) is 37.3 Å². The molecule has 1 aromatic rings. The van der Waals surface area contributed by atoms with Crippen LogP contribution in [-0.4, -0.2) is 44.4 Å². The van der Waals surface area contributed by atoms with Crippen LogP contribution >= 0.6 is 0 Å². The van der Waals surface area contributed by atoms with Gasteiger partial charge in [0, 0.05) is 36.5 Å². The van der Waals surface area contributed by atoms with Crippen LogP contribution in [0.15, 0.2) is 15.4 Å². The highest BCUT2D eigenvalue weighted by Gasteiger charge is 2.27. The van der Waals surface area contributed by atoms with Crippen molar-refractivity contribution >= 4 is 17.3 Å². The van der Waals surface area contributed by atoms with Crippen LogP contribution in [0.5, 0.6) is 0 Å². The van der Waals surface area contributed by atoms with Gasteiger partial charge >= 0.3 is 0 Å². The number of aromatic amines is 1. The minimum absolute atomic E-state index is 0.0744. The van der Waals surface area contributed by atoms with E-state index in [1.54, 1.807) is 0 Å². The Hall–Kier alpha value is -2.32. The highest BCUT2D eigenvalue weighted by molar-refractivity contribution is 5.92. The van der Waals surface area contributed by atoms with Gasteiger partial charge in [-0.2, -0.15) is 10.3 Å². The summed E-state index contributed by atoms with van der Waals surface area (Å²) in [7, 11) is 0. The third-order valence-corrected chi connectivity index (χ3v) is 5.61. The summed E-state index contributed by atoms with van der Waals surface area (Å²) in [6, 6.07) is 0. The van der Waals surface area contributed by atoms with E-state index in [-0.39, 0.29) is 22.4 Å². The first-order valence-electron chi connectivity index (χ1n) is 10.4. The van der Waals surface area contributed by atoms with E-state index in [0.717, 1.165) is 31.4 Å². The highest BCUT2D eigenvalue weighted by atomic mass is 16.1. The summed E-state index contributed by atoms with van der Waals surface area (Å²) in [5.74, 6) is 1.12. The molecule has 1 aromatic heterocycles. The van der Waals surface area contributed by atoms with Gasteiger partial charge in [0.2, 0.25) is 0 Å². The predicted octanol–water partition coefficient (Wildman–Crippen LogP) is 3.97. The van der Waals surface area contributed by atoms with Gasteiger partial charge in [-0.3, -0.25) is 9.59 Å². The van der Waals surface area contributed by atoms with Crippen LogP contribution in [0.4, 0.5) is 0 Å². The molecule has 0 amide bonds. The largest absolute Gasteiger partial charge is 0.300 e. The van der Waals surface area contributed by atoms with E-state index in [0.29, 0.717) is 44.5 Å². The van der Waals surface area contributed by atoms with Crippen LogP contribution in [0, 0.1) is 5.41 Å². The maximum atomic E-state index is 12.1. The lowest BCUT2D eigenvalue weighted by Crippen LogP contribution is -2.25. The van der Waals surface area contributed by atoms with E-state index in [1.807, 2.05) is 13.8 Å². The molecule has 0 saturated carbocycles. The first-order chi connectivity index (χ1) is 13.7. The molecule has 2 heterocycles. The zero-order valence-corrected chi connectivity index (χ0v) is 18.1. The molecular formula is C20H33N7O2. The molecule has 0 radical (unpaired) electrons. The molecular weight excluding hydrogens is 370 g/mol. The lowest BCUT2D eigenvalue weighted by Gasteiger charge is -2.23. The maximum Gasteiger partial charge on any atom is 0.180 e. The van der Waals surface area contributed by atoms with Gasteiger partial charge in [-0.25, -0.2) is 0 Å². The minimum atomic E-state index is -0.205. The molecule has 0 fully saturated rings. The van der Waals surface area contributed by atoms with E-state index in [4.69, 9.17) is 0 Å². The Balaban J connectivity index is 1.54. The van der Waals surface area contributed by atoms with Crippen molar-refractivity contribution in [2.24, 2.45) is 20.9 Å². The smallest absolute Gasteiger partial charge is 0.180 e. The zero-order chi connectivity index (χ0) is 21.3. The molecule has 1 aliphatic heterocycles. The third-order valence-electron chi connectivity index (χ3n) is 5.61. The molecule has 160 valence electrons. The van der Waals surface area contributed by atoms with E-state index in [2.05, 4.69) is 49.9 Å². The number of carbonyl (C=O) groups excluding carboxylic acids is 2. The van der Waals surface area contributed by atoms with E-state index < -0.39 is 0 Å². The van der Waals surface area contributed by atoms with Gasteiger partial charge in [-0.1, -0.05) is 32.9 Å². The minimum Gasteiger partial charge on any atom is -0.300 e. The summed E-state index contributed by atoms with van der Waals surface area (Å²) >= 11 is 0. The number of rotatable bonds is 14. The Morgan fingerprint density at radius 3 is 2.00 bits per heavy atom. The second-order valence-electron chi connectivity index (χ2n) is 9.08. The monoisotopic (exact) mass is 403 g/mol. The molecule has 0 aliphatic carbocycles. The molecule has 0 unspecified atom stereocenters. The second kappa shape index (κ2) is 10.5. The van der Waals surface area contributed by atoms with Crippen molar-refractivity contribution in [2.75, 3.05) is 6.54 Å². The Morgan fingerprint density at radius 1 is 0.897 bits per heavy atom. The molecule has 0 aromatic carbocycles. The van der Waals surface area contributed by atoms with Crippen molar-refractivity contribution < 1.29 is 9.59 Å². The third kappa shape index (κ3) is 7.55. The lowest BCUT2D eigenvalue weighted by molar-refractivity contribution is -0.120. The van der Waals surface area contributed by atoms with Gasteiger partial charge in [0.1, 0.15) is 18.1 Å². The second-order valence-corrected chi connectivity index (χ2v) is 9.08. The number of Topliss-reactive ketones (excluding diaryl/α,β-unsaturated/α-hetero) is 2. The SMILES string of the molecule is CC(C)(CCCC(=O)CCCC(=O)CCCC(C)(C)c1nn[nH]n1)C1=NN=NC1. The van der Waals surface area contributed by atoms with Gasteiger partial charge in [0.15, 0.2) is 5.82 Å².